The number of carboxylic acid groups (broad SMARTS) is 1. The lowest BCUT2D eigenvalue weighted by Crippen LogP contribution is -2.42. The summed E-state index contributed by atoms with van der Waals surface area (Å²) < 4.78 is 10.7. The van der Waals surface area contributed by atoms with Gasteiger partial charge in [-0.1, -0.05) is 48.5 Å². The minimum atomic E-state index is -0.910. The van der Waals surface area contributed by atoms with Gasteiger partial charge in [0.05, 0.1) is 0 Å². The Hall–Kier alpha value is -3.39. The van der Waals surface area contributed by atoms with Gasteiger partial charge in [-0.15, -0.1) is 0 Å². The van der Waals surface area contributed by atoms with Crippen molar-refractivity contribution in [2.45, 2.75) is 44.2 Å². The van der Waals surface area contributed by atoms with Crippen molar-refractivity contribution in [2.75, 3.05) is 20.3 Å². The third kappa shape index (κ3) is 6.32. The zero-order valence-corrected chi connectivity index (χ0v) is 18.9. The number of hydrogen-bond acceptors (Lipinski definition) is 5. The molecule has 1 aliphatic rings. The molecule has 3 rings (SSSR count). The van der Waals surface area contributed by atoms with Crippen LogP contribution in [-0.4, -0.2) is 55.5 Å². The number of carboxylic acids is 1. The van der Waals surface area contributed by atoms with Gasteiger partial charge in [0.15, 0.2) is 0 Å². The maximum atomic E-state index is 12.3. The number of nitrogens with one attached hydrogen (secondary N) is 2. The zero-order valence-electron chi connectivity index (χ0n) is 18.9. The van der Waals surface area contributed by atoms with E-state index in [1.807, 2.05) is 24.3 Å². The number of carbonyl (C=O) groups is 3. The van der Waals surface area contributed by atoms with Gasteiger partial charge in [-0.3, -0.25) is 9.59 Å². The van der Waals surface area contributed by atoms with Gasteiger partial charge in [0.1, 0.15) is 12.7 Å². The van der Waals surface area contributed by atoms with E-state index in [-0.39, 0.29) is 43.9 Å². The lowest BCUT2D eigenvalue weighted by molar-refractivity contribution is -0.138. The van der Waals surface area contributed by atoms with Crippen LogP contribution < -0.4 is 10.6 Å². The molecule has 0 fully saturated rings. The molecule has 0 spiro atoms. The Morgan fingerprint density at radius 3 is 2.18 bits per heavy atom. The molecule has 1 aliphatic carbocycles. The van der Waals surface area contributed by atoms with Crippen LogP contribution in [0.3, 0.4) is 0 Å². The van der Waals surface area contributed by atoms with Crippen molar-refractivity contribution in [3.05, 3.63) is 59.7 Å². The van der Waals surface area contributed by atoms with Gasteiger partial charge >= 0.3 is 12.1 Å². The Bertz CT molecular complexity index is 947. The minimum absolute atomic E-state index is 0.0204. The molecule has 8 heteroatoms. The van der Waals surface area contributed by atoms with Crippen LogP contribution in [0.2, 0.25) is 0 Å². The highest BCUT2D eigenvalue weighted by atomic mass is 16.5. The van der Waals surface area contributed by atoms with Gasteiger partial charge < -0.3 is 25.2 Å². The van der Waals surface area contributed by atoms with Gasteiger partial charge in [0.25, 0.3) is 0 Å². The molecular formula is C25H30N2O6. The molecule has 8 nitrogen and oxygen atoms in total. The molecule has 2 atom stereocenters. The summed E-state index contributed by atoms with van der Waals surface area (Å²) in [7, 11) is 1.42. The fraction of sp³-hybridized carbons (Fsp3) is 0.400. The first-order valence-corrected chi connectivity index (χ1v) is 11.0. The maximum absolute atomic E-state index is 12.3. The average Bonchev–Trinajstić information content (AvgIpc) is 3.13. The molecule has 0 heterocycles. The summed E-state index contributed by atoms with van der Waals surface area (Å²) in [5.74, 6) is -1.27. The average molecular weight is 455 g/mol. The predicted octanol–water partition coefficient (Wildman–Crippen LogP) is 3.30. The van der Waals surface area contributed by atoms with Crippen LogP contribution in [0.15, 0.2) is 48.5 Å². The van der Waals surface area contributed by atoms with E-state index >= 15 is 0 Å². The summed E-state index contributed by atoms with van der Waals surface area (Å²) in [6.07, 6.45) is -0.746. The molecular weight excluding hydrogens is 424 g/mol. The fourth-order valence-corrected chi connectivity index (χ4v) is 4.06. The molecule has 2 amide bonds. The van der Waals surface area contributed by atoms with Gasteiger partial charge in [-0.25, -0.2) is 4.79 Å². The Morgan fingerprint density at radius 2 is 1.61 bits per heavy atom. The Balaban J connectivity index is 1.45. The second-order valence-corrected chi connectivity index (χ2v) is 8.11. The number of aliphatic carboxylic acids is 1. The standard InChI is InChI=1S/C25H30N2O6/c1-16(11-12-23(28)29)27-24(30)22(32-2)13-14-26-25(31)33-15-21-19-9-5-3-7-17(19)18-8-4-6-10-20(18)21/h3-10,16,21-22H,11-15H2,1-2H3,(H,26,31)(H,27,30)(H,28,29). The molecule has 0 radical (unpaired) electrons. The van der Waals surface area contributed by atoms with Crippen LogP contribution >= 0.6 is 0 Å². The summed E-state index contributed by atoms with van der Waals surface area (Å²) in [5, 5.41) is 14.1. The molecule has 0 aliphatic heterocycles. The van der Waals surface area contributed by atoms with Crippen LogP contribution in [-0.2, 0) is 19.1 Å². The number of methoxy groups -OCH3 is 1. The zero-order chi connectivity index (χ0) is 23.8. The van der Waals surface area contributed by atoms with E-state index in [4.69, 9.17) is 14.6 Å². The largest absolute Gasteiger partial charge is 0.481 e. The lowest BCUT2D eigenvalue weighted by atomic mass is 9.98. The van der Waals surface area contributed by atoms with Crippen molar-refractivity contribution in [2.24, 2.45) is 0 Å². The summed E-state index contributed by atoms with van der Waals surface area (Å²) in [6, 6.07) is 15.9. The highest BCUT2D eigenvalue weighted by Gasteiger charge is 2.29. The topological polar surface area (TPSA) is 114 Å². The number of carbonyl (C=O) groups excluding carboxylic acids is 2. The second-order valence-electron chi connectivity index (χ2n) is 8.11. The number of ether oxygens (including phenoxy) is 2. The van der Waals surface area contributed by atoms with Crippen LogP contribution in [0.5, 0.6) is 0 Å². The van der Waals surface area contributed by atoms with Crippen LogP contribution in [0.4, 0.5) is 4.79 Å². The SMILES string of the molecule is COC(CCNC(=O)OCC1c2ccccc2-c2ccccc21)C(=O)NC(C)CCC(=O)O. The monoisotopic (exact) mass is 454 g/mol. The molecule has 0 saturated carbocycles. The number of benzene rings is 2. The Morgan fingerprint density at radius 1 is 1.00 bits per heavy atom. The van der Waals surface area contributed by atoms with Crippen molar-refractivity contribution in [1.82, 2.24) is 10.6 Å². The van der Waals surface area contributed by atoms with E-state index in [2.05, 4.69) is 34.9 Å². The number of amides is 2. The molecule has 176 valence electrons. The quantitative estimate of drug-likeness (QED) is 0.480. The molecule has 0 aromatic heterocycles. The normalized spacial score (nSPS) is 14.0. The van der Waals surface area contributed by atoms with E-state index < -0.39 is 18.2 Å². The first-order chi connectivity index (χ1) is 15.9. The Kier molecular flexibility index (Phi) is 8.43. The number of hydrogen-bond donors (Lipinski definition) is 3. The molecule has 0 saturated heterocycles. The van der Waals surface area contributed by atoms with Crippen molar-refractivity contribution >= 4 is 18.0 Å². The van der Waals surface area contributed by atoms with Gasteiger partial charge in [-0.2, -0.15) is 0 Å². The van der Waals surface area contributed by atoms with E-state index in [0.717, 1.165) is 22.3 Å². The van der Waals surface area contributed by atoms with Gasteiger partial charge in [0.2, 0.25) is 5.91 Å². The van der Waals surface area contributed by atoms with Gasteiger partial charge in [0, 0.05) is 38.5 Å². The summed E-state index contributed by atoms with van der Waals surface area (Å²) in [5.41, 5.74) is 4.60. The highest BCUT2D eigenvalue weighted by molar-refractivity contribution is 5.81. The van der Waals surface area contributed by atoms with Crippen molar-refractivity contribution in [3.8, 4) is 11.1 Å². The molecule has 2 aromatic carbocycles. The summed E-state index contributed by atoms with van der Waals surface area (Å²) in [6.45, 7) is 2.16. The lowest BCUT2D eigenvalue weighted by Gasteiger charge is -2.19. The number of fused-ring (bicyclic) bond motifs is 3. The van der Waals surface area contributed by atoms with Crippen molar-refractivity contribution in [1.29, 1.82) is 0 Å². The molecule has 3 N–H and O–H groups in total. The van der Waals surface area contributed by atoms with Crippen LogP contribution in [0, 0.1) is 0 Å². The number of alkyl carbamates (subject to hydrolysis) is 1. The van der Waals surface area contributed by atoms with E-state index in [1.165, 1.54) is 7.11 Å². The molecule has 2 aromatic rings. The highest BCUT2D eigenvalue weighted by Crippen LogP contribution is 2.44. The summed E-state index contributed by atoms with van der Waals surface area (Å²) >= 11 is 0. The third-order valence-electron chi connectivity index (χ3n) is 5.78. The van der Waals surface area contributed by atoms with Crippen molar-refractivity contribution < 1.29 is 29.0 Å². The second kappa shape index (κ2) is 11.5. The maximum Gasteiger partial charge on any atom is 0.407 e. The van der Waals surface area contributed by atoms with Gasteiger partial charge in [-0.05, 0) is 35.6 Å². The van der Waals surface area contributed by atoms with Crippen molar-refractivity contribution in [3.63, 3.8) is 0 Å². The Labute approximate surface area is 193 Å². The fourth-order valence-electron chi connectivity index (χ4n) is 4.06. The van der Waals surface area contributed by atoms with E-state index in [9.17, 15) is 14.4 Å². The first kappa shape index (κ1) is 24.3. The molecule has 33 heavy (non-hydrogen) atoms. The smallest absolute Gasteiger partial charge is 0.407 e. The van der Waals surface area contributed by atoms with E-state index in [0.29, 0.717) is 6.42 Å². The number of rotatable bonds is 11. The first-order valence-electron chi connectivity index (χ1n) is 11.0. The van der Waals surface area contributed by atoms with Crippen LogP contribution in [0.1, 0.15) is 43.2 Å². The minimum Gasteiger partial charge on any atom is -0.481 e. The predicted molar refractivity (Wildman–Crippen MR) is 123 cm³/mol. The van der Waals surface area contributed by atoms with E-state index in [1.54, 1.807) is 6.92 Å². The van der Waals surface area contributed by atoms with Crippen LogP contribution in [0.25, 0.3) is 11.1 Å². The third-order valence-corrected chi connectivity index (χ3v) is 5.78. The molecule has 0 bridgehead atoms. The summed E-state index contributed by atoms with van der Waals surface area (Å²) in [4.78, 5) is 35.2. The molecule has 2 unspecified atom stereocenters.